The van der Waals surface area contributed by atoms with Crippen molar-refractivity contribution in [3.05, 3.63) is 65.2 Å². The van der Waals surface area contributed by atoms with E-state index in [9.17, 15) is 13.2 Å². The molecular formula is C21H25N3O3S. The van der Waals surface area contributed by atoms with E-state index in [1.807, 2.05) is 48.5 Å². The van der Waals surface area contributed by atoms with E-state index in [-0.39, 0.29) is 5.91 Å². The van der Waals surface area contributed by atoms with E-state index in [2.05, 4.69) is 5.32 Å². The smallest absolute Gasteiger partial charge is 0.281 e. The molecule has 0 saturated heterocycles. The topological polar surface area (TPSA) is 69.7 Å². The quantitative estimate of drug-likeness (QED) is 0.840. The molecule has 148 valence electrons. The van der Waals surface area contributed by atoms with E-state index in [4.69, 9.17) is 0 Å². The average molecular weight is 400 g/mol. The summed E-state index contributed by atoms with van der Waals surface area (Å²) in [4.78, 5) is 13.0. The van der Waals surface area contributed by atoms with Crippen LogP contribution in [0.2, 0.25) is 0 Å². The molecule has 1 amide bonds. The Bertz CT molecular complexity index is 999. The minimum Gasteiger partial charge on any atom is -0.325 e. The lowest BCUT2D eigenvalue weighted by Crippen LogP contribution is -2.42. The van der Waals surface area contributed by atoms with Gasteiger partial charge in [0.25, 0.3) is 10.2 Å². The first kappa shape index (κ1) is 19.1. The zero-order chi connectivity index (χ0) is 19.9. The maximum Gasteiger partial charge on any atom is 0.281 e. The Kier molecular flexibility index (Phi) is 4.77. The molecule has 2 aromatic carbocycles. The van der Waals surface area contributed by atoms with Gasteiger partial charge in [0.15, 0.2) is 0 Å². The minimum absolute atomic E-state index is 0.00669. The van der Waals surface area contributed by atoms with Crippen LogP contribution in [0.15, 0.2) is 48.5 Å². The van der Waals surface area contributed by atoms with Gasteiger partial charge in [-0.25, -0.2) is 0 Å². The summed E-state index contributed by atoms with van der Waals surface area (Å²) in [7, 11) is -0.365. The number of carbonyl (C=O) groups is 1. The molecule has 0 unspecified atom stereocenters. The van der Waals surface area contributed by atoms with Crippen LogP contribution < -0.4 is 5.32 Å². The second kappa shape index (κ2) is 6.99. The normalized spacial score (nSPS) is 18.5. The van der Waals surface area contributed by atoms with Gasteiger partial charge in [-0.05, 0) is 48.1 Å². The first-order chi connectivity index (χ1) is 13.3. The van der Waals surface area contributed by atoms with Gasteiger partial charge < -0.3 is 5.32 Å². The first-order valence-corrected chi connectivity index (χ1v) is 10.9. The van der Waals surface area contributed by atoms with Crippen LogP contribution in [-0.2, 0) is 33.4 Å². The molecule has 0 spiro atoms. The number of fused-ring (bicyclic) bond motifs is 1. The molecule has 1 heterocycles. The summed E-state index contributed by atoms with van der Waals surface area (Å²) >= 11 is 0. The average Bonchev–Trinajstić information content (AvgIpc) is 3.50. The van der Waals surface area contributed by atoms with Gasteiger partial charge in [0.05, 0.1) is 5.41 Å². The third-order valence-electron chi connectivity index (χ3n) is 5.74. The highest BCUT2D eigenvalue weighted by molar-refractivity contribution is 7.86. The van der Waals surface area contributed by atoms with Crippen LogP contribution in [0, 0.1) is 0 Å². The van der Waals surface area contributed by atoms with Crippen LogP contribution >= 0.6 is 0 Å². The maximum atomic E-state index is 13.0. The second-order valence-electron chi connectivity index (χ2n) is 7.76. The van der Waals surface area contributed by atoms with Gasteiger partial charge in [-0.3, -0.25) is 4.79 Å². The molecule has 0 aromatic heterocycles. The first-order valence-electron chi connectivity index (χ1n) is 9.49. The highest BCUT2D eigenvalue weighted by Gasteiger charge is 2.51. The predicted molar refractivity (Wildman–Crippen MR) is 109 cm³/mol. The molecule has 1 saturated carbocycles. The molecule has 4 rings (SSSR count). The predicted octanol–water partition coefficient (Wildman–Crippen LogP) is 2.52. The summed E-state index contributed by atoms with van der Waals surface area (Å²) in [5, 5.41) is 3.05. The van der Waals surface area contributed by atoms with E-state index < -0.39 is 15.6 Å². The number of amides is 1. The van der Waals surface area contributed by atoms with E-state index in [1.165, 1.54) is 8.61 Å². The fraction of sp³-hybridized carbons (Fsp3) is 0.381. The maximum absolute atomic E-state index is 13.0. The van der Waals surface area contributed by atoms with Crippen LogP contribution in [0.4, 0.5) is 5.69 Å². The molecule has 1 fully saturated rings. The number of hydrogen-bond donors (Lipinski definition) is 1. The number of hydrogen-bond acceptors (Lipinski definition) is 3. The van der Waals surface area contributed by atoms with Crippen molar-refractivity contribution < 1.29 is 13.2 Å². The van der Waals surface area contributed by atoms with E-state index in [1.54, 1.807) is 14.1 Å². The second-order valence-corrected chi connectivity index (χ2v) is 9.90. The molecule has 2 aromatic rings. The zero-order valence-corrected chi connectivity index (χ0v) is 17.0. The van der Waals surface area contributed by atoms with Crippen LogP contribution in [0.3, 0.4) is 0 Å². The van der Waals surface area contributed by atoms with Gasteiger partial charge in [0.1, 0.15) is 0 Å². The Hall–Kier alpha value is -2.22. The number of nitrogens with one attached hydrogen (secondary N) is 1. The van der Waals surface area contributed by atoms with Gasteiger partial charge >= 0.3 is 0 Å². The molecule has 0 bridgehead atoms. The van der Waals surface area contributed by atoms with Gasteiger partial charge in [0.2, 0.25) is 5.91 Å². The van der Waals surface area contributed by atoms with E-state index >= 15 is 0 Å². The summed E-state index contributed by atoms with van der Waals surface area (Å²) < 4.78 is 27.6. The Balaban J connectivity index is 1.53. The molecule has 1 aliphatic heterocycles. The number of rotatable bonds is 5. The molecule has 2 aliphatic rings. The van der Waals surface area contributed by atoms with E-state index in [0.29, 0.717) is 19.5 Å². The largest absolute Gasteiger partial charge is 0.325 e. The molecule has 0 radical (unpaired) electrons. The fourth-order valence-corrected chi connectivity index (χ4v) is 4.90. The Morgan fingerprint density at radius 3 is 2.43 bits per heavy atom. The lowest BCUT2D eigenvalue weighted by Gasteiger charge is -2.30. The van der Waals surface area contributed by atoms with Crippen molar-refractivity contribution in [1.29, 1.82) is 0 Å². The van der Waals surface area contributed by atoms with Crippen molar-refractivity contribution in [3.8, 4) is 0 Å². The summed E-state index contributed by atoms with van der Waals surface area (Å²) in [5.74, 6) is 0.00669. The Morgan fingerprint density at radius 2 is 1.79 bits per heavy atom. The van der Waals surface area contributed by atoms with Crippen molar-refractivity contribution in [1.82, 2.24) is 8.61 Å². The van der Waals surface area contributed by atoms with E-state index in [0.717, 1.165) is 35.2 Å². The van der Waals surface area contributed by atoms with Crippen molar-refractivity contribution >= 4 is 21.8 Å². The number of benzene rings is 2. The summed E-state index contributed by atoms with van der Waals surface area (Å²) in [6, 6.07) is 15.7. The molecule has 6 nitrogen and oxygen atoms in total. The Morgan fingerprint density at radius 1 is 1.07 bits per heavy atom. The highest BCUT2D eigenvalue weighted by Crippen LogP contribution is 2.49. The third kappa shape index (κ3) is 3.34. The SMILES string of the molecule is CN(C)S(=O)(=O)N1CCc2ccc(NC(=O)C3(c4ccccc4)CC3)cc2C1. The van der Waals surface area contributed by atoms with Gasteiger partial charge in [-0.15, -0.1) is 0 Å². The lowest BCUT2D eigenvalue weighted by molar-refractivity contribution is -0.118. The van der Waals surface area contributed by atoms with Crippen molar-refractivity contribution in [2.45, 2.75) is 31.2 Å². The van der Waals surface area contributed by atoms with Crippen LogP contribution in [0.25, 0.3) is 0 Å². The Labute approximate surface area is 166 Å². The van der Waals surface area contributed by atoms with Gasteiger partial charge in [-0.2, -0.15) is 17.0 Å². The standard InChI is InChI=1S/C21H25N3O3S/c1-23(2)28(26,27)24-13-10-16-8-9-19(14-17(16)15-24)22-20(25)21(11-12-21)18-6-4-3-5-7-18/h3-9,14H,10-13,15H2,1-2H3,(H,22,25). The van der Waals surface area contributed by atoms with Gasteiger partial charge in [0, 0.05) is 32.9 Å². The highest BCUT2D eigenvalue weighted by atomic mass is 32.2. The molecule has 1 N–H and O–H groups in total. The minimum atomic E-state index is -3.45. The van der Waals surface area contributed by atoms with Crippen molar-refractivity contribution in [3.63, 3.8) is 0 Å². The zero-order valence-electron chi connectivity index (χ0n) is 16.2. The van der Waals surface area contributed by atoms with Crippen LogP contribution in [0.1, 0.15) is 29.5 Å². The van der Waals surface area contributed by atoms with Crippen LogP contribution in [0.5, 0.6) is 0 Å². The number of anilines is 1. The molecule has 7 heteroatoms. The third-order valence-corrected chi connectivity index (χ3v) is 7.63. The van der Waals surface area contributed by atoms with Gasteiger partial charge in [-0.1, -0.05) is 36.4 Å². The summed E-state index contributed by atoms with van der Waals surface area (Å²) in [6.45, 7) is 0.791. The number of carbonyl (C=O) groups excluding carboxylic acids is 1. The lowest BCUT2D eigenvalue weighted by atomic mass is 9.94. The number of nitrogens with zero attached hydrogens (tertiary/aromatic N) is 2. The van der Waals surface area contributed by atoms with Crippen LogP contribution in [-0.4, -0.2) is 43.6 Å². The molecule has 0 atom stereocenters. The molecule has 1 aliphatic carbocycles. The molecule has 28 heavy (non-hydrogen) atoms. The summed E-state index contributed by atoms with van der Waals surface area (Å²) in [6.07, 6.45) is 2.37. The van der Waals surface area contributed by atoms with Crippen molar-refractivity contribution in [2.75, 3.05) is 26.0 Å². The molecular weight excluding hydrogens is 374 g/mol. The monoisotopic (exact) mass is 399 g/mol. The summed E-state index contributed by atoms with van der Waals surface area (Å²) in [5.41, 5.74) is 3.41. The van der Waals surface area contributed by atoms with Crippen molar-refractivity contribution in [2.24, 2.45) is 0 Å². The fourth-order valence-electron chi connectivity index (χ4n) is 3.82.